The van der Waals surface area contributed by atoms with Crippen molar-refractivity contribution in [2.75, 3.05) is 20.7 Å². The molecule has 4 heteroatoms. The number of likely N-dealkylation sites (N-methyl/N-ethyl adjacent to an activating group) is 1. The number of ether oxygens (including phenoxy) is 1. The molecule has 4 nitrogen and oxygen atoms in total. The minimum Gasteiger partial charge on any atom is -0.507 e. The van der Waals surface area contributed by atoms with Crippen LogP contribution < -0.4 is 4.74 Å². The zero-order valence-electron chi connectivity index (χ0n) is 12.2. The molecule has 1 N–H and O–H groups in total. The normalized spacial score (nSPS) is 10.2. The number of phenolic OH excluding ortho intramolecular Hbond substituents is 1. The van der Waals surface area contributed by atoms with Gasteiger partial charge in [0.1, 0.15) is 11.5 Å². The van der Waals surface area contributed by atoms with Crippen molar-refractivity contribution < 1.29 is 14.6 Å². The predicted octanol–water partition coefficient (Wildman–Crippen LogP) is 2.72. The minimum atomic E-state index is -0.203. The highest BCUT2D eigenvalue weighted by Gasteiger charge is 2.16. The van der Waals surface area contributed by atoms with E-state index in [2.05, 4.69) is 0 Å². The number of rotatable bonds is 5. The lowest BCUT2D eigenvalue weighted by Crippen LogP contribution is -2.28. The monoisotopic (exact) mass is 285 g/mol. The van der Waals surface area contributed by atoms with Gasteiger partial charge in [0.2, 0.25) is 0 Å². The average Bonchev–Trinajstić information content (AvgIpc) is 2.52. The maximum atomic E-state index is 12.3. The maximum Gasteiger partial charge on any atom is 0.257 e. The van der Waals surface area contributed by atoms with Crippen molar-refractivity contribution in [3.63, 3.8) is 0 Å². The third kappa shape index (κ3) is 3.75. The molecule has 0 radical (unpaired) electrons. The molecule has 0 saturated heterocycles. The van der Waals surface area contributed by atoms with Crippen molar-refractivity contribution >= 4 is 5.91 Å². The van der Waals surface area contributed by atoms with Gasteiger partial charge in [-0.2, -0.15) is 0 Å². The van der Waals surface area contributed by atoms with E-state index in [-0.39, 0.29) is 17.2 Å². The van der Waals surface area contributed by atoms with Gasteiger partial charge < -0.3 is 14.7 Å². The summed E-state index contributed by atoms with van der Waals surface area (Å²) in [6, 6.07) is 14.7. The maximum absolute atomic E-state index is 12.3. The smallest absolute Gasteiger partial charge is 0.257 e. The van der Waals surface area contributed by atoms with Crippen molar-refractivity contribution in [2.24, 2.45) is 0 Å². The molecule has 110 valence electrons. The lowest BCUT2D eigenvalue weighted by molar-refractivity contribution is 0.0793. The van der Waals surface area contributed by atoms with Gasteiger partial charge in [0.25, 0.3) is 5.91 Å². The van der Waals surface area contributed by atoms with Gasteiger partial charge in [-0.3, -0.25) is 4.79 Å². The highest BCUT2D eigenvalue weighted by Crippen LogP contribution is 2.24. The van der Waals surface area contributed by atoms with Gasteiger partial charge in [-0.1, -0.05) is 30.3 Å². The van der Waals surface area contributed by atoms with Gasteiger partial charge in [-0.25, -0.2) is 0 Å². The lowest BCUT2D eigenvalue weighted by atomic mass is 10.1. The number of aromatic hydroxyl groups is 1. The second-order valence-corrected chi connectivity index (χ2v) is 4.85. The average molecular weight is 285 g/mol. The number of carbonyl (C=O) groups is 1. The molecule has 21 heavy (non-hydrogen) atoms. The fourth-order valence-corrected chi connectivity index (χ4v) is 2.07. The topological polar surface area (TPSA) is 49.8 Å². The van der Waals surface area contributed by atoms with Gasteiger partial charge in [0.15, 0.2) is 0 Å². The van der Waals surface area contributed by atoms with Crippen LogP contribution in [-0.2, 0) is 6.42 Å². The molecule has 0 spiro atoms. The van der Waals surface area contributed by atoms with E-state index in [1.54, 1.807) is 24.1 Å². The molecule has 0 fully saturated rings. The second-order valence-electron chi connectivity index (χ2n) is 4.85. The SMILES string of the molecule is COc1ccc(C(=O)N(C)CCc2ccccc2)c(O)c1. The molecule has 0 aliphatic rings. The summed E-state index contributed by atoms with van der Waals surface area (Å²) in [5.74, 6) is 0.257. The molecule has 2 rings (SSSR count). The van der Waals surface area contributed by atoms with Crippen LogP contribution in [0.25, 0.3) is 0 Å². The van der Waals surface area contributed by atoms with Crippen LogP contribution in [0.15, 0.2) is 48.5 Å². The summed E-state index contributed by atoms with van der Waals surface area (Å²) in [5, 5.41) is 9.90. The lowest BCUT2D eigenvalue weighted by Gasteiger charge is -2.18. The Balaban J connectivity index is 2.02. The van der Waals surface area contributed by atoms with E-state index in [1.807, 2.05) is 30.3 Å². The van der Waals surface area contributed by atoms with Crippen molar-refractivity contribution in [1.82, 2.24) is 4.90 Å². The van der Waals surface area contributed by atoms with Crippen molar-refractivity contribution in [3.05, 3.63) is 59.7 Å². The molecule has 0 saturated carbocycles. The van der Waals surface area contributed by atoms with E-state index in [0.29, 0.717) is 12.3 Å². The molecule has 0 heterocycles. The largest absolute Gasteiger partial charge is 0.507 e. The van der Waals surface area contributed by atoms with Crippen LogP contribution in [0.4, 0.5) is 0 Å². The number of carbonyl (C=O) groups excluding carboxylic acids is 1. The van der Waals surface area contributed by atoms with Crippen LogP contribution in [0.5, 0.6) is 11.5 Å². The molecule has 2 aromatic rings. The van der Waals surface area contributed by atoms with Crippen LogP contribution >= 0.6 is 0 Å². The molecule has 0 aromatic heterocycles. The molecule has 1 amide bonds. The molecule has 0 aliphatic heterocycles. The highest BCUT2D eigenvalue weighted by atomic mass is 16.5. The molecule has 2 aromatic carbocycles. The number of phenols is 1. The quantitative estimate of drug-likeness (QED) is 0.919. The second kappa shape index (κ2) is 6.79. The minimum absolute atomic E-state index is 0.0640. The van der Waals surface area contributed by atoms with E-state index >= 15 is 0 Å². The third-order valence-electron chi connectivity index (χ3n) is 3.36. The Labute approximate surface area is 124 Å². The van der Waals surface area contributed by atoms with E-state index in [1.165, 1.54) is 18.7 Å². The van der Waals surface area contributed by atoms with Gasteiger partial charge in [-0.15, -0.1) is 0 Å². The number of hydrogen-bond donors (Lipinski definition) is 1. The fourth-order valence-electron chi connectivity index (χ4n) is 2.07. The standard InChI is InChI=1S/C17H19NO3/c1-18(11-10-13-6-4-3-5-7-13)17(20)15-9-8-14(21-2)12-16(15)19/h3-9,12,19H,10-11H2,1-2H3. The molecular formula is C17H19NO3. The summed E-state index contributed by atoms with van der Waals surface area (Å²) in [6.45, 7) is 0.592. The molecule has 0 unspecified atom stereocenters. The van der Waals surface area contributed by atoms with Crippen molar-refractivity contribution in [1.29, 1.82) is 0 Å². The van der Waals surface area contributed by atoms with Crippen LogP contribution in [0.2, 0.25) is 0 Å². The first kappa shape index (κ1) is 14.9. The van der Waals surface area contributed by atoms with Gasteiger partial charge in [0.05, 0.1) is 12.7 Å². The zero-order valence-corrected chi connectivity index (χ0v) is 12.2. The molecule has 0 atom stereocenters. The van der Waals surface area contributed by atoms with E-state index < -0.39 is 0 Å². The van der Waals surface area contributed by atoms with Crippen molar-refractivity contribution in [3.8, 4) is 11.5 Å². The number of amides is 1. The Morgan fingerprint density at radius 2 is 1.90 bits per heavy atom. The van der Waals surface area contributed by atoms with Crippen LogP contribution in [0.1, 0.15) is 15.9 Å². The summed E-state index contributed by atoms with van der Waals surface area (Å²) in [5.41, 5.74) is 1.46. The summed E-state index contributed by atoms with van der Waals surface area (Å²) in [4.78, 5) is 13.9. The number of nitrogens with zero attached hydrogens (tertiary/aromatic N) is 1. The first-order valence-electron chi connectivity index (χ1n) is 6.78. The summed E-state index contributed by atoms with van der Waals surface area (Å²) < 4.78 is 5.01. The summed E-state index contributed by atoms with van der Waals surface area (Å²) in [7, 11) is 3.25. The molecule has 0 bridgehead atoms. The van der Waals surface area contributed by atoms with E-state index in [0.717, 1.165) is 6.42 Å². The van der Waals surface area contributed by atoms with Crippen LogP contribution in [0.3, 0.4) is 0 Å². The predicted molar refractivity (Wildman–Crippen MR) is 81.8 cm³/mol. The Bertz CT molecular complexity index is 611. The number of methoxy groups -OCH3 is 1. The fraction of sp³-hybridized carbons (Fsp3) is 0.235. The molecule has 0 aliphatic carbocycles. The van der Waals surface area contributed by atoms with Gasteiger partial charge in [-0.05, 0) is 24.1 Å². The Morgan fingerprint density at radius 3 is 2.52 bits per heavy atom. The zero-order chi connectivity index (χ0) is 15.2. The Morgan fingerprint density at radius 1 is 1.19 bits per heavy atom. The highest BCUT2D eigenvalue weighted by molar-refractivity contribution is 5.96. The van der Waals surface area contributed by atoms with E-state index in [4.69, 9.17) is 4.74 Å². The first-order chi connectivity index (χ1) is 10.1. The van der Waals surface area contributed by atoms with E-state index in [9.17, 15) is 9.90 Å². The first-order valence-corrected chi connectivity index (χ1v) is 6.78. The Kier molecular flexibility index (Phi) is 4.82. The summed E-state index contributed by atoms with van der Waals surface area (Å²) >= 11 is 0. The number of benzene rings is 2. The summed E-state index contributed by atoms with van der Waals surface area (Å²) in [6.07, 6.45) is 0.778. The van der Waals surface area contributed by atoms with Gasteiger partial charge >= 0.3 is 0 Å². The third-order valence-corrected chi connectivity index (χ3v) is 3.36. The van der Waals surface area contributed by atoms with Crippen molar-refractivity contribution in [2.45, 2.75) is 6.42 Å². The van der Waals surface area contributed by atoms with Gasteiger partial charge in [0, 0.05) is 19.7 Å². The van der Waals surface area contributed by atoms with Crippen LogP contribution in [-0.4, -0.2) is 36.6 Å². The van der Waals surface area contributed by atoms with Crippen LogP contribution in [0, 0.1) is 0 Å². The molecular weight excluding hydrogens is 266 g/mol. The number of hydrogen-bond acceptors (Lipinski definition) is 3. The Hall–Kier alpha value is -2.49.